The summed E-state index contributed by atoms with van der Waals surface area (Å²) in [6.45, 7) is 1.01. The van der Waals surface area contributed by atoms with Gasteiger partial charge >= 0.3 is 0 Å². The molecule has 7 nitrogen and oxygen atoms in total. The molecule has 1 N–H and O–H groups in total. The Balaban J connectivity index is 1.34. The Bertz CT molecular complexity index is 1290. The van der Waals surface area contributed by atoms with Gasteiger partial charge < -0.3 is 19.7 Å². The minimum absolute atomic E-state index is 0.0125. The van der Waals surface area contributed by atoms with Crippen molar-refractivity contribution in [2.24, 2.45) is 0 Å². The van der Waals surface area contributed by atoms with Crippen LogP contribution in [0.5, 0.6) is 11.5 Å². The first kappa shape index (κ1) is 24.3. The fraction of sp³-hybridized carbons (Fsp3) is 0.222. The lowest BCUT2D eigenvalue weighted by Crippen LogP contribution is -2.37. The molecule has 9 heteroatoms. The number of halogens is 1. The van der Waals surface area contributed by atoms with Crippen molar-refractivity contribution in [3.63, 3.8) is 0 Å². The SMILES string of the molecule is O=C(CC1C(=O)N(CCc2ccccc2)C(=S)N1Cc1ccc2c(c1)OCO2)Nc1ccc(Br)cc1. The summed E-state index contributed by atoms with van der Waals surface area (Å²) in [7, 11) is 0. The van der Waals surface area contributed by atoms with Crippen molar-refractivity contribution in [1.82, 2.24) is 9.80 Å². The lowest BCUT2D eigenvalue weighted by atomic mass is 10.1. The second kappa shape index (κ2) is 10.7. The zero-order valence-electron chi connectivity index (χ0n) is 19.4. The van der Waals surface area contributed by atoms with Crippen LogP contribution in [0.1, 0.15) is 17.5 Å². The van der Waals surface area contributed by atoms with Gasteiger partial charge in [0.25, 0.3) is 5.91 Å². The normalized spacial score (nSPS) is 16.5. The van der Waals surface area contributed by atoms with E-state index in [4.69, 9.17) is 21.7 Å². The molecule has 36 heavy (non-hydrogen) atoms. The molecule has 1 saturated heterocycles. The van der Waals surface area contributed by atoms with Crippen molar-refractivity contribution in [2.75, 3.05) is 18.7 Å². The quantitative estimate of drug-likeness (QED) is 0.397. The third kappa shape index (κ3) is 5.37. The van der Waals surface area contributed by atoms with Gasteiger partial charge in [-0.05, 0) is 66.2 Å². The summed E-state index contributed by atoms with van der Waals surface area (Å²) in [6.07, 6.45) is 0.657. The fourth-order valence-corrected chi connectivity index (χ4v) is 4.96. The van der Waals surface area contributed by atoms with Crippen LogP contribution in [0.25, 0.3) is 0 Å². The number of hydrogen-bond donors (Lipinski definition) is 1. The summed E-state index contributed by atoms with van der Waals surface area (Å²) in [5.41, 5.74) is 2.70. The Morgan fingerprint density at radius 1 is 1.00 bits per heavy atom. The minimum Gasteiger partial charge on any atom is -0.454 e. The molecule has 0 radical (unpaired) electrons. The van der Waals surface area contributed by atoms with Crippen LogP contribution >= 0.6 is 28.1 Å². The van der Waals surface area contributed by atoms with E-state index in [1.165, 1.54) is 0 Å². The van der Waals surface area contributed by atoms with Crippen LogP contribution in [0.4, 0.5) is 5.69 Å². The van der Waals surface area contributed by atoms with Gasteiger partial charge in [-0.1, -0.05) is 52.3 Å². The Labute approximate surface area is 223 Å². The van der Waals surface area contributed by atoms with E-state index in [1.54, 1.807) is 17.0 Å². The number of thiocarbonyl (C=S) groups is 1. The highest BCUT2D eigenvalue weighted by Crippen LogP contribution is 2.34. The third-order valence-corrected chi connectivity index (χ3v) is 7.15. The average molecular weight is 566 g/mol. The molecule has 1 fully saturated rings. The van der Waals surface area contributed by atoms with Crippen molar-refractivity contribution < 1.29 is 19.1 Å². The standard InChI is InChI=1S/C27H24BrN3O4S/c28-20-7-9-21(10-8-20)29-25(32)15-22-26(33)30(13-12-18-4-2-1-3-5-18)27(36)31(22)16-19-6-11-23-24(14-19)35-17-34-23/h1-11,14,22H,12-13,15-17H2,(H,29,32). The van der Waals surface area contributed by atoms with Crippen LogP contribution in [0.15, 0.2) is 77.3 Å². The first-order chi connectivity index (χ1) is 17.5. The summed E-state index contributed by atoms with van der Waals surface area (Å²) in [5.74, 6) is 0.935. The molecule has 0 aromatic heterocycles. The van der Waals surface area contributed by atoms with Gasteiger partial charge in [0, 0.05) is 23.2 Å². The van der Waals surface area contributed by atoms with E-state index in [1.807, 2.05) is 65.6 Å². The van der Waals surface area contributed by atoms with E-state index in [2.05, 4.69) is 21.2 Å². The topological polar surface area (TPSA) is 71.1 Å². The Morgan fingerprint density at radius 2 is 1.75 bits per heavy atom. The highest BCUT2D eigenvalue weighted by molar-refractivity contribution is 9.10. The summed E-state index contributed by atoms with van der Waals surface area (Å²) >= 11 is 9.16. The first-order valence-corrected chi connectivity index (χ1v) is 12.8. The van der Waals surface area contributed by atoms with Crippen molar-refractivity contribution in [3.8, 4) is 11.5 Å². The maximum Gasteiger partial charge on any atom is 0.252 e. The molecular weight excluding hydrogens is 542 g/mol. The molecule has 1 unspecified atom stereocenters. The van der Waals surface area contributed by atoms with Crippen molar-refractivity contribution in [1.29, 1.82) is 0 Å². The fourth-order valence-electron chi connectivity index (χ4n) is 4.32. The summed E-state index contributed by atoms with van der Waals surface area (Å²) in [4.78, 5) is 29.9. The predicted octanol–water partition coefficient (Wildman–Crippen LogP) is 4.75. The zero-order valence-corrected chi connectivity index (χ0v) is 21.8. The molecule has 2 aliphatic heterocycles. The number of amides is 2. The number of carbonyl (C=O) groups excluding carboxylic acids is 2. The van der Waals surface area contributed by atoms with Crippen molar-refractivity contribution >= 4 is 50.8 Å². The van der Waals surface area contributed by atoms with Gasteiger partial charge in [0.1, 0.15) is 6.04 Å². The number of fused-ring (bicyclic) bond motifs is 1. The lowest BCUT2D eigenvalue weighted by molar-refractivity contribution is -0.130. The van der Waals surface area contributed by atoms with E-state index in [0.717, 1.165) is 15.6 Å². The molecule has 0 spiro atoms. The number of hydrogen-bond acceptors (Lipinski definition) is 5. The lowest BCUT2D eigenvalue weighted by Gasteiger charge is -2.24. The maximum absolute atomic E-state index is 13.5. The van der Waals surface area contributed by atoms with Crippen LogP contribution in [0, 0.1) is 0 Å². The van der Waals surface area contributed by atoms with E-state index >= 15 is 0 Å². The number of ether oxygens (including phenoxy) is 2. The second-order valence-corrected chi connectivity index (χ2v) is 9.88. The van der Waals surface area contributed by atoms with Gasteiger partial charge in [-0.3, -0.25) is 14.5 Å². The molecule has 3 aromatic rings. The van der Waals surface area contributed by atoms with E-state index in [9.17, 15) is 9.59 Å². The molecule has 3 aromatic carbocycles. The number of rotatable bonds is 8. The molecule has 184 valence electrons. The highest BCUT2D eigenvalue weighted by Gasteiger charge is 2.43. The van der Waals surface area contributed by atoms with E-state index < -0.39 is 6.04 Å². The van der Waals surface area contributed by atoms with Gasteiger partial charge in [-0.25, -0.2) is 0 Å². The largest absolute Gasteiger partial charge is 0.454 e. The summed E-state index contributed by atoms with van der Waals surface area (Å²) < 4.78 is 11.8. The smallest absolute Gasteiger partial charge is 0.252 e. The molecule has 5 rings (SSSR count). The molecule has 2 heterocycles. The van der Waals surface area contributed by atoms with Crippen LogP contribution in [-0.2, 0) is 22.6 Å². The first-order valence-electron chi connectivity index (χ1n) is 11.6. The van der Waals surface area contributed by atoms with Crippen molar-refractivity contribution in [2.45, 2.75) is 25.4 Å². The second-order valence-electron chi connectivity index (χ2n) is 8.60. The Hall–Kier alpha value is -3.43. The number of nitrogens with zero attached hydrogens (tertiary/aromatic N) is 2. The molecule has 2 amide bonds. The average Bonchev–Trinajstić information content (AvgIpc) is 3.43. The highest BCUT2D eigenvalue weighted by atomic mass is 79.9. The van der Waals surface area contributed by atoms with Crippen LogP contribution in [0.3, 0.4) is 0 Å². The summed E-state index contributed by atoms with van der Waals surface area (Å²) in [6, 6.07) is 22.2. The molecule has 2 aliphatic rings. The van der Waals surface area contributed by atoms with Crippen LogP contribution < -0.4 is 14.8 Å². The molecule has 0 saturated carbocycles. The molecule has 0 aliphatic carbocycles. The number of nitrogens with one attached hydrogen (secondary N) is 1. The van der Waals surface area contributed by atoms with Crippen molar-refractivity contribution in [3.05, 3.63) is 88.4 Å². The van der Waals surface area contributed by atoms with Gasteiger partial charge in [0.2, 0.25) is 12.7 Å². The summed E-state index contributed by atoms with van der Waals surface area (Å²) in [5, 5.41) is 3.31. The Kier molecular flexibility index (Phi) is 7.20. The predicted molar refractivity (Wildman–Crippen MR) is 144 cm³/mol. The van der Waals surface area contributed by atoms with Crippen LogP contribution in [-0.4, -0.2) is 46.1 Å². The molecular formula is C27H24BrN3O4S. The maximum atomic E-state index is 13.5. The van der Waals surface area contributed by atoms with Crippen LogP contribution in [0.2, 0.25) is 0 Å². The number of carbonyl (C=O) groups is 2. The number of benzene rings is 3. The molecule has 1 atom stereocenters. The monoisotopic (exact) mass is 565 g/mol. The van der Waals surface area contributed by atoms with Gasteiger partial charge in [-0.15, -0.1) is 0 Å². The van der Waals surface area contributed by atoms with Gasteiger partial charge in [0.05, 0.1) is 6.42 Å². The van der Waals surface area contributed by atoms with E-state index in [-0.39, 0.29) is 25.0 Å². The molecule has 0 bridgehead atoms. The van der Waals surface area contributed by atoms with E-state index in [0.29, 0.717) is 41.8 Å². The number of anilines is 1. The third-order valence-electron chi connectivity index (χ3n) is 6.17. The Morgan fingerprint density at radius 3 is 2.53 bits per heavy atom. The van der Waals surface area contributed by atoms with Gasteiger partial charge in [0.15, 0.2) is 16.6 Å². The zero-order chi connectivity index (χ0) is 25.1. The van der Waals surface area contributed by atoms with Gasteiger partial charge in [-0.2, -0.15) is 0 Å². The minimum atomic E-state index is -0.700.